The van der Waals surface area contributed by atoms with E-state index in [9.17, 15) is 19.0 Å². The monoisotopic (exact) mass is 1120 g/mol. The van der Waals surface area contributed by atoms with Crippen LogP contribution in [0.15, 0.2) is 97.2 Å². The molecular weight excluding hydrogens is 1000 g/mol. The van der Waals surface area contributed by atoms with E-state index in [-0.39, 0.29) is 31.5 Å². The second-order valence-corrected chi connectivity index (χ2v) is 24.4. The molecule has 79 heavy (non-hydrogen) atoms. The van der Waals surface area contributed by atoms with E-state index in [0.29, 0.717) is 17.4 Å². The van der Waals surface area contributed by atoms with Crippen LogP contribution in [-0.4, -0.2) is 74.3 Å². The van der Waals surface area contributed by atoms with Gasteiger partial charge in [-0.15, -0.1) is 0 Å². The Balaban J connectivity index is 5.23. The van der Waals surface area contributed by atoms with Crippen LogP contribution in [0.3, 0.4) is 0 Å². The number of rotatable bonds is 58. The first-order valence-corrected chi connectivity index (χ1v) is 34.1. The van der Waals surface area contributed by atoms with Crippen molar-refractivity contribution in [1.82, 2.24) is 5.32 Å². The number of hydrogen-bond donors (Lipinski definition) is 2. The minimum atomic E-state index is -4.46. The Bertz CT molecular complexity index is 1670. The minimum Gasteiger partial charge on any atom is -0.456 e. The molecule has 0 aromatic heterocycles. The van der Waals surface area contributed by atoms with E-state index in [1.165, 1.54) is 109 Å². The van der Waals surface area contributed by atoms with Crippen molar-refractivity contribution in [3.8, 4) is 0 Å². The van der Waals surface area contributed by atoms with Crippen molar-refractivity contribution >= 4 is 19.7 Å². The second kappa shape index (κ2) is 58.1. The van der Waals surface area contributed by atoms with Crippen LogP contribution in [0.25, 0.3) is 0 Å². The Morgan fingerprint density at radius 3 is 1.24 bits per heavy atom. The molecule has 0 spiro atoms. The van der Waals surface area contributed by atoms with Crippen LogP contribution < -0.4 is 5.32 Å². The number of nitrogens with one attached hydrogen (secondary N) is 1. The summed E-state index contributed by atoms with van der Waals surface area (Å²) in [4.78, 5) is 37.8. The molecule has 0 aromatic rings. The highest BCUT2D eigenvalue weighted by molar-refractivity contribution is 7.47. The van der Waals surface area contributed by atoms with E-state index in [4.69, 9.17) is 13.8 Å². The van der Waals surface area contributed by atoms with Crippen molar-refractivity contribution in [3.63, 3.8) is 0 Å². The fourth-order valence-electron chi connectivity index (χ4n) is 9.00. The summed E-state index contributed by atoms with van der Waals surface area (Å²) < 4.78 is 30.7. The zero-order chi connectivity index (χ0) is 57.9. The van der Waals surface area contributed by atoms with Gasteiger partial charge in [-0.2, -0.15) is 0 Å². The van der Waals surface area contributed by atoms with Crippen LogP contribution in [-0.2, 0) is 27.9 Å². The third kappa shape index (κ3) is 59.4. The second-order valence-electron chi connectivity index (χ2n) is 22.9. The number of unbranched alkanes of at least 4 members (excludes halogenated alkanes) is 28. The number of likely N-dealkylation sites (N-methyl/N-ethyl adjacent to an activating group) is 1. The molecule has 2 N–H and O–H groups in total. The van der Waals surface area contributed by atoms with Gasteiger partial charge < -0.3 is 19.4 Å². The molecule has 0 bridgehead atoms. The van der Waals surface area contributed by atoms with E-state index in [0.717, 1.165) is 135 Å². The van der Waals surface area contributed by atoms with Crippen molar-refractivity contribution < 1.29 is 37.3 Å². The molecule has 0 aliphatic carbocycles. The largest absolute Gasteiger partial charge is 0.472 e. The average molecular weight is 1120 g/mol. The van der Waals surface area contributed by atoms with Crippen molar-refractivity contribution in [3.05, 3.63) is 97.2 Å². The summed E-state index contributed by atoms with van der Waals surface area (Å²) in [5.74, 6) is -0.527. The van der Waals surface area contributed by atoms with Gasteiger partial charge in [0.25, 0.3) is 0 Å². The third-order valence-electron chi connectivity index (χ3n) is 14.0. The van der Waals surface area contributed by atoms with Crippen LogP contribution in [0.5, 0.6) is 0 Å². The van der Waals surface area contributed by atoms with Gasteiger partial charge in [0.05, 0.1) is 33.8 Å². The molecule has 0 saturated carbocycles. The van der Waals surface area contributed by atoms with Crippen LogP contribution in [0.2, 0.25) is 0 Å². The molecule has 0 radical (unpaired) electrons. The van der Waals surface area contributed by atoms with Crippen LogP contribution >= 0.6 is 7.82 Å². The molecule has 9 nitrogen and oxygen atoms in total. The highest BCUT2D eigenvalue weighted by Crippen LogP contribution is 2.43. The van der Waals surface area contributed by atoms with Crippen molar-refractivity contribution in [2.75, 3.05) is 40.9 Å². The number of ether oxygens (including phenoxy) is 1. The van der Waals surface area contributed by atoms with E-state index in [2.05, 4.69) is 111 Å². The molecule has 0 saturated heterocycles. The van der Waals surface area contributed by atoms with Crippen molar-refractivity contribution in [2.45, 2.75) is 290 Å². The van der Waals surface area contributed by atoms with Gasteiger partial charge in [-0.3, -0.25) is 18.6 Å². The molecule has 3 unspecified atom stereocenters. The number of carbonyl (C=O) groups excluding carboxylic acids is 2. The molecule has 0 aliphatic rings. The summed E-state index contributed by atoms with van der Waals surface area (Å²) in [6, 6.07) is -0.862. The number of phosphoric acid groups is 1. The maximum Gasteiger partial charge on any atom is 0.472 e. The van der Waals surface area contributed by atoms with Crippen LogP contribution in [0.4, 0.5) is 0 Å². The summed E-state index contributed by atoms with van der Waals surface area (Å²) >= 11 is 0. The van der Waals surface area contributed by atoms with Crippen molar-refractivity contribution in [2.24, 2.45) is 0 Å². The Morgan fingerprint density at radius 1 is 0.456 bits per heavy atom. The minimum absolute atomic E-state index is 0.0330. The molecular formula is C69H124N2O7P+. The first kappa shape index (κ1) is 75.9. The Morgan fingerprint density at radius 2 is 0.810 bits per heavy atom. The zero-order valence-electron chi connectivity index (χ0n) is 52.1. The smallest absolute Gasteiger partial charge is 0.456 e. The topological polar surface area (TPSA) is 111 Å². The van der Waals surface area contributed by atoms with E-state index >= 15 is 0 Å². The fourth-order valence-corrected chi connectivity index (χ4v) is 9.73. The van der Waals surface area contributed by atoms with E-state index in [1.807, 2.05) is 33.3 Å². The van der Waals surface area contributed by atoms with Crippen LogP contribution in [0.1, 0.15) is 278 Å². The first-order chi connectivity index (χ1) is 38.4. The van der Waals surface area contributed by atoms with E-state index < -0.39 is 20.0 Å². The number of amides is 1. The maximum atomic E-state index is 13.6. The average Bonchev–Trinajstić information content (AvgIpc) is 3.41. The Hall–Kier alpha value is -3.07. The Labute approximate surface area is 488 Å². The normalized spacial score (nSPS) is 14.3. The van der Waals surface area contributed by atoms with Gasteiger partial charge in [-0.05, 0) is 109 Å². The summed E-state index contributed by atoms with van der Waals surface area (Å²) in [6.07, 6.45) is 78.3. The number of carbonyl (C=O) groups is 2. The number of esters is 1. The quantitative estimate of drug-likeness (QED) is 0.0205. The molecule has 456 valence electrons. The van der Waals surface area contributed by atoms with E-state index in [1.54, 1.807) is 0 Å². The lowest BCUT2D eigenvalue weighted by molar-refractivity contribution is -0.870. The number of quaternary nitrogens is 1. The maximum absolute atomic E-state index is 13.6. The number of hydrogen-bond acceptors (Lipinski definition) is 6. The molecule has 1 amide bonds. The number of phosphoric ester groups is 1. The number of allylic oxidation sites excluding steroid dienone is 15. The molecule has 0 aliphatic heterocycles. The lowest BCUT2D eigenvalue weighted by atomic mass is 10.0. The predicted octanol–water partition coefficient (Wildman–Crippen LogP) is 20.3. The lowest BCUT2D eigenvalue weighted by Gasteiger charge is -2.27. The molecule has 10 heteroatoms. The number of nitrogens with zero attached hydrogens (tertiary/aromatic N) is 1. The molecule has 0 heterocycles. The van der Waals surface area contributed by atoms with Gasteiger partial charge in [0.1, 0.15) is 19.3 Å². The highest BCUT2D eigenvalue weighted by atomic mass is 31.2. The standard InChI is InChI=1S/C69H123N2O7P/c1-7-10-13-16-19-22-25-28-30-31-32-33-34-35-36-37-38-39-41-44-47-50-53-56-59-62-69(73)78-67(60-57-54-51-48-45-42-27-24-21-18-15-12-9-3)66(65-77-79(74,75)76-64-63-71(4,5)6)70-68(72)61-58-55-52-49-46-43-40-29-26-23-20-17-14-11-8-2/h10,13,19,22-23,26,28,30,32-33,35-36,38-39,57,60,66-67H,7-9,11-12,14-18,20-21,24-25,27,29,31,34,37,40-56,58-59,61-65H2,1-6H3,(H-,70,72,74,75)/p+1/b13-10-,22-19-,26-23-,30-28-,33-32-,36-35-,39-38-,60-57-. The fraction of sp³-hybridized carbons (Fsp3) is 0.739. The molecule has 0 fully saturated rings. The zero-order valence-corrected chi connectivity index (χ0v) is 53.0. The van der Waals surface area contributed by atoms with Gasteiger partial charge in [-0.25, -0.2) is 4.57 Å². The van der Waals surface area contributed by atoms with Gasteiger partial charge in [0.2, 0.25) is 5.91 Å². The van der Waals surface area contributed by atoms with Gasteiger partial charge >= 0.3 is 13.8 Å². The summed E-state index contributed by atoms with van der Waals surface area (Å²) in [5, 5.41) is 3.05. The molecule has 3 atom stereocenters. The lowest BCUT2D eigenvalue weighted by Crippen LogP contribution is -2.47. The van der Waals surface area contributed by atoms with Gasteiger partial charge in [0, 0.05) is 12.8 Å². The van der Waals surface area contributed by atoms with Crippen LogP contribution in [0, 0.1) is 0 Å². The van der Waals surface area contributed by atoms with Gasteiger partial charge in [0.15, 0.2) is 0 Å². The van der Waals surface area contributed by atoms with Crippen molar-refractivity contribution in [1.29, 1.82) is 0 Å². The summed E-state index contributed by atoms with van der Waals surface area (Å²) in [7, 11) is 1.48. The summed E-state index contributed by atoms with van der Waals surface area (Å²) in [6.45, 7) is 6.88. The SMILES string of the molecule is CC/C=C\C/C=C\C/C=C\C/C=C\C/C=C\C/C=C\CCCCCCCCC(=O)OC(/C=C\CCCCCCCCCCCCC)C(COP(=O)(O)OCC[N+](C)(C)C)NC(=O)CCCCCCCCC/C=C\CCCCCC. The summed E-state index contributed by atoms with van der Waals surface area (Å²) in [5.41, 5.74) is 0. The third-order valence-corrected chi connectivity index (χ3v) is 15.0. The first-order valence-electron chi connectivity index (χ1n) is 32.6. The molecule has 0 rings (SSSR count). The Kier molecular flexibility index (Phi) is 55.9. The molecule has 0 aromatic carbocycles. The highest BCUT2D eigenvalue weighted by Gasteiger charge is 2.30. The predicted molar refractivity (Wildman–Crippen MR) is 341 cm³/mol. The van der Waals surface area contributed by atoms with Gasteiger partial charge in [-0.1, -0.05) is 253 Å².